The third kappa shape index (κ3) is 8.12. The molecule has 5 rings (SSSR count). The van der Waals surface area contributed by atoms with Crippen LogP contribution in [0.2, 0.25) is 0 Å². The van der Waals surface area contributed by atoms with Gasteiger partial charge in [-0.25, -0.2) is 28.4 Å². The Kier molecular flexibility index (Phi) is 10.1. The number of rotatable bonds is 9. The van der Waals surface area contributed by atoms with Gasteiger partial charge >= 0.3 is 0 Å². The first-order valence-electron chi connectivity index (χ1n) is 14.7. The second kappa shape index (κ2) is 14.4. The lowest BCUT2D eigenvalue weighted by molar-refractivity contribution is -0.118. The molecule has 0 aliphatic carbocycles. The number of thiazole rings is 1. The smallest absolute Gasteiger partial charge is 0.274 e. The fourth-order valence-electron chi connectivity index (χ4n) is 4.79. The number of aromatic nitrogens is 4. The highest BCUT2D eigenvalue weighted by molar-refractivity contribution is 7.92. The molecule has 0 fully saturated rings. The fraction of sp³-hybridized carbons (Fsp3) is 0.147. The van der Waals surface area contributed by atoms with Crippen LogP contribution in [0.4, 0.5) is 5.69 Å². The van der Waals surface area contributed by atoms with Gasteiger partial charge in [0.1, 0.15) is 5.82 Å². The summed E-state index contributed by atoms with van der Waals surface area (Å²) in [4.78, 5) is 50.1. The number of sulfonamides is 1. The van der Waals surface area contributed by atoms with E-state index in [1.807, 2.05) is 13.0 Å². The lowest BCUT2D eigenvalue weighted by Crippen LogP contribution is -2.34. The molecule has 248 valence electrons. The number of para-hydroxylation sites is 1. The molecule has 0 saturated heterocycles. The normalized spacial score (nSPS) is 12.8. The van der Waals surface area contributed by atoms with Gasteiger partial charge in [-0.3, -0.25) is 23.9 Å². The van der Waals surface area contributed by atoms with Crippen molar-refractivity contribution in [1.29, 1.82) is 0 Å². The molecule has 3 aromatic heterocycles. The second-order valence-electron chi connectivity index (χ2n) is 10.8. The van der Waals surface area contributed by atoms with Gasteiger partial charge in [0, 0.05) is 23.0 Å². The summed E-state index contributed by atoms with van der Waals surface area (Å²) in [6, 6.07) is 14.9. The number of carbonyl (C=O) groups is 1. The summed E-state index contributed by atoms with van der Waals surface area (Å²) in [6.45, 7) is 8.61. The highest BCUT2D eigenvalue weighted by atomic mass is 32.2. The van der Waals surface area contributed by atoms with Crippen molar-refractivity contribution in [3.63, 3.8) is 0 Å². The summed E-state index contributed by atoms with van der Waals surface area (Å²) in [5.74, 6) is 5.46. The lowest BCUT2D eigenvalue weighted by atomic mass is 10.1. The van der Waals surface area contributed by atoms with Crippen LogP contribution < -0.4 is 21.3 Å². The number of aliphatic imine (C=N–C) groups is 2. The summed E-state index contributed by atoms with van der Waals surface area (Å²) >= 11 is 1.45. The average molecular weight is 694 g/mol. The molecule has 0 aliphatic heterocycles. The van der Waals surface area contributed by atoms with Crippen molar-refractivity contribution < 1.29 is 13.2 Å². The Morgan fingerprint density at radius 1 is 1.10 bits per heavy atom. The zero-order valence-corrected chi connectivity index (χ0v) is 28.6. The molecule has 0 spiro atoms. The topological polar surface area (TPSA) is 187 Å². The van der Waals surface area contributed by atoms with Crippen LogP contribution in [0.25, 0.3) is 16.6 Å². The van der Waals surface area contributed by atoms with E-state index in [1.165, 1.54) is 34.4 Å². The summed E-state index contributed by atoms with van der Waals surface area (Å²) in [5, 5.41) is 4.05. The number of nitrogens with two attached hydrogens (primary N) is 1. The maximum atomic E-state index is 14.3. The molecule has 1 atom stereocenters. The predicted octanol–water partition coefficient (Wildman–Crippen LogP) is 3.83. The molecule has 0 saturated carbocycles. The number of amides is 1. The minimum Gasteiger partial charge on any atom is -0.382 e. The number of fused-ring (bicyclic) bond motifs is 1. The van der Waals surface area contributed by atoms with Crippen LogP contribution in [-0.2, 0) is 14.8 Å². The van der Waals surface area contributed by atoms with Gasteiger partial charge in [-0.1, -0.05) is 30.2 Å². The van der Waals surface area contributed by atoms with Gasteiger partial charge in [0.2, 0.25) is 10.0 Å². The SMILES string of the molecule is C=N/C(N)=C(\N=C(C)c1cncc(NS(C)(=O)=O)c1)C(=O)N[C@H](C)c1nc2cccc(C#Cc3cnc(C)s3)c2c(=O)n1-c1ccccc1. The van der Waals surface area contributed by atoms with Crippen LogP contribution in [-0.4, -0.2) is 52.5 Å². The van der Waals surface area contributed by atoms with Crippen LogP contribution in [0.1, 0.15) is 46.7 Å². The molecule has 15 heteroatoms. The Morgan fingerprint density at radius 3 is 2.53 bits per heavy atom. The van der Waals surface area contributed by atoms with Crippen LogP contribution in [0.3, 0.4) is 0 Å². The van der Waals surface area contributed by atoms with Gasteiger partial charge in [0.25, 0.3) is 11.5 Å². The molecular weight excluding hydrogens is 663 g/mol. The average Bonchev–Trinajstić information content (AvgIpc) is 3.49. The van der Waals surface area contributed by atoms with Crippen molar-refractivity contribution in [3.05, 3.63) is 122 Å². The molecule has 2 aromatic carbocycles. The molecule has 0 unspecified atom stereocenters. The Bertz CT molecular complexity index is 2390. The highest BCUT2D eigenvalue weighted by Crippen LogP contribution is 2.22. The number of nitrogens with zero attached hydrogens (tertiary/aromatic N) is 6. The summed E-state index contributed by atoms with van der Waals surface area (Å²) in [7, 11) is -3.56. The van der Waals surface area contributed by atoms with Crippen LogP contribution in [0.5, 0.6) is 0 Å². The first-order chi connectivity index (χ1) is 23.3. The first-order valence-corrected chi connectivity index (χ1v) is 17.4. The monoisotopic (exact) mass is 693 g/mol. The molecule has 0 radical (unpaired) electrons. The maximum Gasteiger partial charge on any atom is 0.274 e. The van der Waals surface area contributed by atoms with E-state index < -0.39 is 22.0 Å². The van der Waals surface area contributed by atoms with E-state index in [2.05, 4.69) is 48.6 Å². The molecule has 1 amide bonds. The maximum absolute atomic E-state index is 14.3. The summed E-state index contributed by atoms with van der Waals surface area (Å²) < 4.78 is 27.2. The minimum absolute atomic E-state index is 0.210. The molecule has 13 nitrogen and oxygen atoms in total. The van der Waals surface area contributed by atoms with Crippen molar-refractivity contribution in [2.45, 2.75) is 26.8 Å². The van der Waals surface area contributed by atoms with Crippen LogP contribution in [0, 0.1) is 18.8 Å². The van der Waals surface area contributed by atoms with Crippen molar-refractivity contribution in [3.8, 4) is 17.5 Å². The Morgan fingerprint density at radius 2 is 1.86 bits per heavy atom. The summed E-state index contributed by atoms with van der Waals surface area (Å²) in [5.41, 5.74) is 7.79. The quantitative estimate of drug-likeness (QED) is 0.118. The Balaban J connectivity index is 1.55. The predicted molar refractivity (Wildman–Crippen MR) is 192 cm³/mol. The van der Waals surface area contributed by atoms with E-state index in [9.17, 15) is 18.0 Å². The minimum atomic E-state index is -3.56. The molecule has 49 heavy (non-hydrogen) atoms. The van der Waals surface area contributed by atoms with Gasteiger partial charge in [-0.2, -0.15) is 0 Å². The van der Waals surface area contributed by atoms with E-state index in [0.717, 1.165) is 16.1 Å². The molecule has 0 bridgehead atoms. The van der Waals surface area contributed by atoms with Gasteiger partial charge in [-0.15, -0.1) is 11.3 Å². The van der Waals surface area contributed by atoms with E-state index in [-0.39, 0.29) is 28.6 Å². The largest absolute Gasteiger partial charge is 0.382 e. The number of nitrogens with one attached hydrogen (secondary N) is 2. The van der Waals surface area contributed by atoms with Crippen molar-refractivity contribution in [1.82, 2.24) is 24.8 Å². The number of carbonyl (C=O) groups excluding carboxylic acids is 1. The van der Waals surface area contributed by atoms with Crippen molar-refractivity contribution in [2.75, 3.05) is 11.0 Å². The van der Waals surface area contributed by atoms with Gasteiger partial charge in [0.15, 0.2) is 11.5 Å². The number of hydrogen-bond acceptors (Lipinski definition) is 11. The van der Waals surface area contributed by atoms with Gasteiger partial charge in [-0.05, 0) is 63.7 Å². The van der Waals surface area contributed by atoms with Crippen molar-refractivity contribution >= 4 is 56.3 Å². The Labute approximate surface area is 286 Å². The molecular formula is C34H31N9O4S2. The van der Waals surface area contributed by atoms with Gasteiger partial charge in [0.05, 0.1) is 56.9 Å². The van der Waals surface area contributed by atoms with Crippen LogP contribution >= 0.6 is 11.3 Å². The van der Waals surface area contributed by atoms with E-state index in [4.69, 9.17) is 10.7 Å². The van der Waals surface area contributed by atoms with E-state index >= 15 is 0 Å². The Hall–Kier alpha value is -5.98. The third-order valence-corrected chi connectivity index (χ3v) is 8.42. The van der Waals surface area contributed by atoms with E-state index in [0.29, 0.717) is 33.4 Å². The van der Waals surface area contributed by atoms with Gasteiger partial charge < -0.3 is 11.1 Å². The summed E-state index contributed by atoms with van der Waals surface area (Å²) in [6.07, 6.45) is 5.50. The molecule has 5 aromatic rings. The first kappa shape index (κ1) is 34.4. The second-order valence-corrected chi connectivity index (χ2v) is 13.7. The highest BCUT2D eigenvalue weighted by Gasteiger charge is 2.23. The number of benzene rings is 2. The molecule has 0 aliphatic rings. The zero-order chi connectivity index (χ0) is 35.3. The number of pyridine rings is 1. The molecule has 4 N–H and O–H groups in total. The number of aryl methyl sites for hydroxylation is 1. The van der Waals surface area contributed by atoms with E-state index in [1.54, 1.807) is 62.5 Å². The van der Waals surface area contributed by atoms with Crippen LogP contribution in [0.15, 0.2) is 99.5 Å². The zero-order valence-electron chi connectivity index (χ0n) is 26.9. The third-order valence-electron chi connectivity index (χ3n) is 6.98. The number of hydrogen-bond donors (Lipinski definition) is 3. The lowest BCUT2D eigenvalue weighted by Gasteiger charge is -2.20. The van der Waals surface area contributed by atoms with Crippen molar-refractivity contribution in [2.24, 2.45) is 15.7 Å². The number of anilines is 1. The fourth-order valence-corrected chi connectivity index (χ4v) is 5.96. The molecule has 3 heterocycles. The standard InChI is InChI=1S/C34H31N9O4S2/c1-20(24-16-25(18-37-17-24)42-49(5,46)47)39-30(31(35)36-4)33(44)40-21(2)32-41-28-13-9-10-23(14-15-27-19-38-22(3)48-27)29(28)34(45)43(32)26-11-7-6-8-12-26/h6-13,16-19,21,42H,4,35H2,1-3,5H3,(H,40,44)/b31-30-,39-20?/t21-/m1/s1.